The highest BCUT2D eigenvalue weighted by molar-refractivity contribution is 5.78. The fraction of sp³-hybridized carbons (Fsp3) is 0.533. The molecule has 1 aromatic carbocycles. The van der Waals surface area contributed by atoms with E-state index in [0.717, 1.165) is 6.42 Å². The van der Waals surface area contributed by atoms with E-state index in [-0.39, 0.29) is 18.6 Å². The van der Waals surface area contributed by atoms with Gasteiger partial charge >= 0.3 is 0 Å². The molecule has 1 amide bonds. The van der Waals surface area contributed by atoms with Crippen LogP contribution in [0.2, 0.25) is 0 Å². The standard InChI is InChI=1S/C15H21NO2/c1-4-18-9-14(17)16-15-11(3)8-12-6-5-10(2)7-13(12)15/h5-7,11,15H,4,8-9H2,1-3H3,(H,16,17). The maximum atomic E-state index is 11.8. The predicted octanol–water partition coefficient (Wildman–Crippen LogP) is 2.38. The normalized spacial score (nSPS) is 21.7. The van der Waals surface area contributed by atoms with Crippen molar-refractivity contribution in [3.8, 4) is 0 Å². The average molecular weight is 247 g/mol. The SMILES string of the molecule is CCOCC(=O)NC1c2cc(C)ccc2CC1C. The summed E-state index contributed by atoms with van der Waals surface area (Å²) in [6.45, 7) is 6.89. The molecule has 18 heavy (non-hydrogen) atoms. The first-order chi connectivity index (χ1) is 8.61. The molecule has 0 aromatic heterocycles. The van der Waals surface area contributed by atoms with Crippen LogP contribution in [0.5, 0.6) is 0 Å². The van der Waals surface area contributed by atoms with Crippen LogP contribution in [-0.2, 0) is 16.0 Å². The van der Waals surface area contributed by atoms with Gasteiger partial charge in [-0.25, -0.2) is 0 Å². The Morgan fingerprint density at radius 2 is 2.28 bits per heavy atom. The van der Waals surface area contributed by atoms with E-state index in [1.54, 1.807) is 0 Å². The molecule has 0 heterocycles. The Kier molecular flexibility index (Phi) is 4.02. The molecule has 3 heteroatoms. The van der Waals surface area contributed by atoms with Gasteiger partial charge in [-0.3, -0.25) is 4.79 Å². The predicted molar refractivity (Wildman–Crippen MR) is 71.4 cm³/mol. The highest BCUT2D eigenvalue weighted by Crippen LogP contribution is 2.36. The minimum atomic E-state index is -0.0249. The van der Waals surface area contributed by atoms with Gasteiger partial charge in [0.2, 0.25) is 5.91 Å². The van der Waals surface area contributed by atoms with Crippen LogP contribution in [-0.4, -0.2) is 19.1 Å². The van der Waals surface area contributed by atoms with Crippen molar-refractivity contribution in [2.24, 2.45) is 5.92 Å². The maximum Gasteiger partial charge on any atom is 0.246 e. The second kappa shape index (κ2) is 5.53. The monoisotopic (exact) mass is 247 g/mol. The Bertz CT molecular complexity index is 442. The van der Waals surface area contributed by atoms with Gasteiger partial charge in [0.15, 0.2) is 0 Å². The molecule has 3 nitrogen and oxygen atoms in total. The molecule has 98 valence electrons. The van der Waals surface area contributed by atoms with Gasteiger partial charge in [0.1, 0.15) is 6.61 Å². The molecule has 2 rings (SSSR count). The first kappa shape index (κ1) is 13.1. The van der Waals surface area contributed by atoms with Crippen molar-refractivity contribution in [1.82, 2.24) is 5.32 Å². The summed E-state index contributed by atoms with van der Waals surface area (Å²) in [4.78, 5) is 11.8. The summed E-state index contributed by atoms with van der Waals surface area (Å²) >= 11 is 0. The summed E-state index contributed by atoms with van der Waals surface area (Å²) in [7, 11) is 0. The molecule has 1 aliphatic rings. The third-order valence-electron chi connectivity index (χ3n) is 3.50. The lowest BCUT2D eigenvalue weighted by atomic mass is 10.0. The van der Waals surface area contributed by atoms with E-state index < -0.39 is 0 Å². The van der Waals surface area contributed by atoms with Gasteiger partial charge in [0.05, 0.1) is 6.04 Å². The molecule has 2 unspecified atom stereocenters. The van der Waals surface area contributed by atoms with Crippen molar-refractivity contribution in [2.75, 3.05) is 13.2 Å². The minimum absolute atomic E-state index is 0.0249. The lowest BCUT2D eigenvalue weighted by Gasteiger charge is -2.19. The number of nitrogens with one attached hydrogen (secondary N) is 1. The Balaban J connectivity index is 2.10. The van der Waals surface area contributed by atoms with Crippen molar-refractivity contribution in [1.29, 1.82) is 0 Å². The largest absolute Gasteiger partial charge is 0.372 e. The van der Waals surface area contributed by atoms with Crippen molar-refractivity contribution < 1.29 is 9.53 Å². The Morgan fingerprint density at radius 1 is 1.50 bits per heavy atom. The van der Waals surface area contributed by atoms with E-state index >= 15 is 0 Å². The van der Waals surface area contributed by atoms with Crippen LogP contribution in [0.1, 0.15) is 36.6 Å². The molecule has 0 saturated heterocycles. The molecule has 0 spiro atoms. The van der Waals surface area contributed by atoms with Crippen LogP contribution in [0.25, 0.3) is 0 Å². The Morgan fingerprint density at radius 3 is 3.00 bits per heavy atom. The van der Waals surface area contributed by atoms with Gasteiger partial charge in [-0.05, 0) is 37.3 Å². The smallest absolute Gasteiger partial charge is 0.246 e. The molecule has 0 bridgehead atoms. The molecule has 0 aliphatic heterocycles. The van der Waals surface area contributed by atoms with E-state index in [1.807, 2.05) is 6.92 Å². The quantitative estimate of drug-likeness (QED) is 0.887. The molecule has 2 atom stereocenters. The van der Waals surface area contributed by atoms with E-state index in [9.17, 15) is 4.79 Å². The summed E-state index contributed by atoms with van der Waals surface area (Å²) in [6, 6.07) is 6.63. The first-order valence-corrected chi connectivity index (χ1v) is 6.58. The lowest BCUT2D eigenvalue weighted by Crippen LogP contribution is -2.33. The van der Waals surface area contributed by atoms with Crippen LogP contribution in [0.4, 0.5) is 0 Å². The van der Waals surface area contributed by atoms with Gasteiger partial charge in [0, 0.05) is 6.61 Å². The van der Waals surface area contributed by atoms with Gasteiger partial charge in [-0.15, -0.1) is 0 Å². The fourth-order valence-corrected chi connectivity index (χ4v) is 2.59. The lowest BCUT2D eigenvalue weighted by molar-refractivity contribution is -0.126. The third kappa shape index (κ3) is 2.72. The van der Waals surface area contributed by atoms with Crippen LogP contribution >= 0.6 is 0 Å². The molecule has 0 radical (unpaired) electrons. The molecular formula is C15H21NO2. The fourth-order valence-electron chi connectivity index (χ4n) is 2.59. The maximum absolute atomic E-state index is 11.8. The number of carbonyl (C=O) groups excluding carboxylic acids is 1. The van der Waals surface area contributed by atoms with Crippen LogP contribution in [0, 0.1) is 12.8 Å². The molecule has 1 aromatic rings. The number of fused-ring (bicyclic) bond motifs is 1. The van der Waals surface area contributed by atoms with Crippen molar-refractivity contribution in [3.05, 3.63) is 34.9 Å². The number of hydrogen-bond donors (Lipinski definition) is 1. The van der Waals surface area contributed by atoms with Crippen molar-refractivity contribution >= 4 is 5.91 Å². The minimum Gasteiger partial charge on any atom is -0.372 e. The number of amides is 1. The van der Waals surface area contributed by atoms with E-state index in [4.69, 9.17) is 4.74 Å². The number of rotatable bonds is 4. The van der Waals surface area contributed by atoms with E-state index in [2.05, 4.69) is 37.4 Å². The molecule has 1 N–H and O–H groups in total. The summed E-state index contributed by atoms with van der Waals surface area (Å²) in [5.74, 6) is 0.426. The average Bonchev–Trinajstić information content (AvgIpc) is 2.63. The highest BCUT2D eigenvalue weighted by Gasteiger charge is 2.30. The zero-order valence-electron chi connectivity index (χ0n) is 11.3. The number of carbonyl (C=O) groups is 1. The topological polar surface area (TPSA) is 38.3 Å². The molecule has 0 fully saturated rings. The second-order valence-corrected chi connectivity index (χ2v) is 5.07. The third-order valence-corrected chi connectivity index (χ3v) is 3.50. The number of benzene rings is 1. The molecular weight excluding hydrogens is 226 g/mol. The van der Waals surface area contributed by atoms with E-state index in [1.165, 1.54) is 16.7 Å². The summed E-state index contributed by atoms with van der Waals surface area (Å²) in [6.07, 6.45) is 1.04. The molecule has 1 aliphatic carbocycles. The van der Waals surface area contributed by atoms with Crippen LogP contribution in [0.15, 0.2) is 18.2 Å². The summed E-state index contributed by atoms with van der Waals surface area (Å²) < 4.78 is 5.14. The Labute approximate surface area is 109 Å². The molecule has 0 saturated carbocycles. The number of aryl methyl sites for hydroxylation is 1. The van der Waals surface area contributed by atoms with Crippen molar-refractivity contribution in [3.63, 3.8) is 0 Å². The zero-order chi connectivity index (χ0) is 13.1. The summed E-state index contributed by atoms with van der Waals surface area (Å²) in [5, 5.41) is 3.08. The van der Waals surface area contributed by atoms with Crippen LogP contribution in [0.3, 0.4) is 0 Å². The van der Waals surface area contributed by atoms with Crippen molar-refractivity contribution in [2.45, 2.75) is 33.2 Å². The van der Waals surface area contributed by atoms with Gasteiger partial charge in [-0.2, -0.15) is 0 Å². The Hall–Kier alpha value is -1.35. The zero-order valence-corrected chi connectivity index (χ0v) is 11.3. The van der Waals surface area contributed by atoms with Gasteiger partial charge in [-0.1, -0.05) is 30.7 Å². The second-order valence-electron chi connectivity index (χ2n) is 5.07. The van der Waals surface area contributed by atoms with Gasteiger partial charge < -0.3 is 10.1 Å². The first-order valence-electron chi connectivity index (χ1n) is 6.58. The van der Waals surface area contributed by atoms with Gasteiger partial charge in [0.25, 0.3) is 0 Å². The van der Waals surface area contributed by atoms with Crippen LogP contribution < -0.4 is 5.32 Å². The summed E-state index contributed by atoms with van der Waals surface area (Å²) in [5.41, 5.74) is 3.87. The number of hydrogen-bond acceptors (Lipinski definition) is 2. The van der Waals surface area contributed by atoms with E-state index in [0.29, 0.717) is 12.5 Å². The highest BCUT2D eigenvalue weighted by atomic mass is 16.5. The number of ether oxygens (including phenoxy) is 1.